The Balaban J connectivity index is 1.69. The molecule has 4 nitrogen and oxygen atoms in total. The Morgan fingerprint density at radius 1 is 1.08 bits per heavy atom. The first kappa shape index (κ1) is 16.3. The van der Waals surface area contributed by atoms with Gasteiger partial charge < -0.3 is 10.3 Å². The number of nitrogens with one attached hydrogen (secondary N) is 2. The highest BCUT2D eigenvalue weighted by Crippen LogP contribution is 2.32. The summed E-state index contributed by atoms with van der Waals surface area (Å²) in [4.78, 5) is 11.1. The second-order valence-corrected chi connectivity index (χ2v) is 5.42. The van der Waals surface area contributed by atoms with E-state index in [0.717, 1.165) is 23.5 Å². The SMILES string of the molecule is FC(F)(F)c1cnc(NCc2ncc(-c3ccccc3)[nH]2)c(Cl)c1. The molecule has 1 aromatic carbocycles. The molecule has 0 saturated carbocycles. The summed E-state index contributed by atoms with van der Waals surface area (Å²) in [5.74, 6) is 0.786. The summed E-state index contributed by atoms with van der Waals surface area (Å²) in [6.07, 6.45) is -2.04. The highest BCUT2D eigenvalue weighted by Gasteiger charge is 2.31. The van der Waals surface area contributed by atoms with Gasteiger partial charge >= 0.3 is 6.18 Å². The van der Waals surface area contributed by atoms with Crippen molar-refractivity contribution in [2.24, 2.45) is 0 Å². The fourth-order valence-corrected chi connectivity index (χ4v) is 2.34. The number of anilines is 1. The van der Waals surface area contributed by atoms with Gasteiger partial charge in [0.2, 0.25) is 0 Å². The fraction of sp³-hybridized carbons (Fsp3) is 0.125. The van der Waals surface area contributed by atoms with E-state index in [4.69, 9.17) is 11.6 Å². The lowest BCUT2D eigenvalue weighted by Crippen LogP contribution is -2.08. The van der Waals surface area contributed by atoms with Gasteiger partial charge in [0.25, 0.3) is 0 Å². The molecule has 0 amide bonds. The maximum Gasteiger partial charge on any atom is 0.417 e. The number of halogens is 4. The monoisotopic (exact) mass is 352 g/mol. The maximum absolute atomic E-state index is 12.6. The van der Waals surface area contributed by atoms with Crippen LogP contribution in [0.15, 0.2) is 48.8 Å². The smallest absolute Gasteiger partial charge is 0.362 e. The largest absolute Gasteiger partial charge is 0.417 e. The maximum atomic E-state index is 12.6. The standard InChI is InChI=1S/C16H12ClF3N4/c17-12-6-11(16(18,19)20)7-22-15(12)23-9-14-21-8-13(24-14)10-4-2-1-3-5-10/h1-8H,9H2,(H,21,24)(H,22,23). The average Bonchev–Trinajstić information content (AvgIpc) is 3.02. The number of aromatic nitrogens is 3. The zero-order valence-corrected chi connectivity index (χ0v) is 13.0. The van der Waals surface area contributed by atoms with Gasteiger partial charge in [0.05, 0.1) is 29.0 Å². The van der Waals surface area contributed by atoms with Crippen molar-refractivity contribution in [1.29, 1.82) is 0 Å². The summed E-state index contributed by atoms with van der Waals surface area (Å²) in [7, 11) is 0. The van der Waals surface area contributed by atoms with E-state index in [9.17, 15) is 13.2 Å². The van der Waals surface area contributed by atoms with Crippen LogP contribution in [-0.4, -0.2) is 15.0 Å². The van der Waals surface area contributed by atoms with Crippen LogP contribution in [-0.2, 0) is 12.7 Å². The molecule has 0 fully saturated rings. The van der Waals surface area contributed by atoms with E-state index in [2.05, 4.69) is 20.3 Å². The lowest BCUT2D eigenvalue weighted by molar-refractivity contribution is -0.137. The Hall–Kier alpha value is -2.54. The van der Waals surface area contributed by atoms with Crippen LogP contribution in [0, 0.1) is 0 Å². The van der Waals surface area contributed by atoms with Crippen molar-refractivity contribution in [3.05, 3.63) is 65.2 Å². The van der Waals surface area contributed by atoms with Crippen LogP contribution in [0.2, 0.25) is 5.02 Å². The first-order valence-corrected chi connectivity index (χ1v) is 7.37. The zero-order valence-electron chi connectivity index (χ0n) is 12.2. The summed E-state index contributed by atoms with van der Waals surface area (Å²) in [5, 5.41) is 2.77. The first-order chi connectivity index (χ1) is 11.4. The van der Waals surface area contributed by atoms with Crippen LogP contribution in [0.1, 0.15) is 11.4 Å². The highest BCUT2D eigenvalue weighted by atomic mass is 35.5. The third-order valence-electron chi connectivity index (χ3n) is 3.31. The number of H-pyrrole nitrogens is 1. The minimum atomic E-state index is -4.47. The van der Waals surface area contributed by atoms with E-state index in [1.807, 2.05) is 30.3 Å². The van der Waals surface area contributed by atoms with E-state index in [1.165, 1.54) is 0 Å². The molecule has 0 bridgehead atoms. The third kappa shape index (κ3) is 3.68. The van der Waals surface area contributed by atoms with Gasteiger partial charge in [-0.15, -0.1) is 0 Å². The minimum Gasteiger partial charge on any atom is -0.362 e. The summed E-state index contributed by atoms with van der Waals surface area (Å²) < 4.78 is 37.7. The summed E-state index contributed by atoms with van der Waals surface area (Å²) in [6.45, 7) is 0.255. The predicted octanol–water partition coefficient (Wildman–Crippen LogP) is 4.76. The van der Waals surface area contributed by atoms with Crippen molar-refractivity contribution in [2.75, 3.05) is 5.32 Å². The first-order valence-electron chi connectivity index (χ1n) is 6.99. The molecule has 0 spiro atoms. The molecule has 0 saturated heterocycles. The Morgan fingerprint density at radius 2 is 1.83 bits per heavy atom. The highest BCUT2D eigenvalue weighted by molar-refractivity contribution is 6.32. The van der Waals surface area contributed by atoms with E-state index in [1.54, 1.807) is 6.20 Å². The van der Waals surface area contributed by atoms with Crippen molar-refractivity contribution in [3.63, 3.8) is 0 Å². The summed E-state index contributed by atoms with van der Waals surface area (Å²) >= 11 is 5.85. The van der Waals surface area contributed by atoms with Gasteiger partial charge in [-0.05, 0) is 11.6 Å². The van der Waals surface area contributed by atoms with Gasteiger partial charge in [-0.3, -0.25) is 0 Å². The van der Waals surface area contributed by atoms with Crippen molar-refractivity contribution in [1.82, 2.24) is 15.0 Å². The van der Waals surface area contributed by atoms with Crippen LogP contribution in [0.25, 0.3) is 11.3 Å². The van der Waals surface area contributed by atoms with Gasteiger partial charge in [0, 0.05) is 6.20 Å². The Bertz CT molecular complexity index is 831. The fourth-order valence-electron chi connectivity index (χ4n) is 2.11. The zero-order chi connectivity index (χ0) is 17.2. The molecule has 0 aliphatic heterocycles. The number of alkyl halides is 3. The Kier molecular flexibility index (Phi) is 4.44. The van der Waals surface area contributed by atoms with Crippen LogP contribution < -0.4 is 5.32 Å². The quantitative estimate of drug-likeness (QED) is 0.712. The number of rotatable bonds is 4. The van der Waals surface area contributed by atoms with Gasteiger partial charge in [0.15, 0.2) is 0 Å². The Labute approximate surface area is 140 Å². The minimum absolute atomic E-state index is 0.0975. The number of nitrogens with zero attached hydrogens (tertiary/aromatic N) is 2. The van der Waals surface area contributed by atoms with Crippen molar-refractivity contribution in [2.45, 2.75) is 12.7 Å². The predicted molar refractivity (Wildman–Crippen MR) is 85.6 cm³/mol. The van der Waals surface area contributed by atoms with Crippen molar-refractivity contribution >= 4 is 17.4 Å². The molecular formula is C16H12ClF3N4. The molecule has 8 heteroatoms. The molecule has 2 aromatic heterocycles. The van der Waals surface area contributed by atoms with E-state index in [-0.39, 0.29) is 17.4 Å². The van der Waals surface area contributed by atoms with Gasteiger partial charge in [0.1, 0.15) is 11.6 Å². The summed E-state index contributed by atoms with van der Waals surface area (Å²) in [6, 6.07) is 10.5. The molecule has 3 rings (SSSR count). The molecule has 3 aromatic rings. The van der Waals surface area contributed by atoms with Gasteiger partial charge in [-0.1, -0.05) is 41.9 Å². The lowest BCUT2D eigenvalue weighted by atomic mass is 10.2. The van der Waals surface area contributed by atoms with Crippen LogP contribution >= 0.6 is 11.6 Å². The van der Waals surface area contributed by atoms with Gasteiger partial charge in [-0.2, -0.15) is 13.2 Å². The van der Waals surface area contributed by atoms with Crippen LogP contribution in [0.3, 0.4) is 0 Å². The molecule has 0 unspecified atom stereocenters. The summed E-state index contributed by atoms with van der Waals surface area (Å²) in [5.41, 5.74) is 0.947. The van der Waals surface area contributed by atoms with Crippen molar-refractivity contribution in [3.8, 4) is 11.3 Å². The molecule has 2 N–H and O–H groups in total. The normalized spacial score (nSPS) is 11.5. The molecule has 124 valence electrons. The molecule has 0 aliphatic rings. The Morgan fingerprint density at radius 3 is 2.50 bits per heavy atom. The number of pyridine rings is 1. The van der Waals surface area contributed by atoms with E-state index < -0.39 is 11.7 Å². The second-order valence-electron chi connectivity index (χ2n) is 5.02. The molecule has 24 heavy (non-hydrogen) atoms. The lowest BCUT2D eigenvalue weighted by Gasteiger charge is -2.10. The second kappa shape index (κ2) is 6.52. The third-order valence-corrected chi connectivity index (χ3v) is 3.59. The molecule has 0 aliphatic carbocycles. The van der Waals surface area contributed by atoms with Crippen LogP contribution in [0.5, 0.6) is 0 Å². The molecule has 0 atom stereocenters. The molecular weight excluding hydrogens is 341 g/mol. The number of imidazole rings is 1. The molecule has 2 heterocycles. The van der Waals surface area contributed by atoms with Crippen molar-refractivity contribution < 1.29 is 13.2 Å². The van der Waals surface area contributed by atoms with E-state index in [0.29, 0.717) is 5.82 Å². The van der Waals surface area contributed by atoms with E-state index >= 15 is 0 Å². The average molecular weight is 353 g/mol. The number of aromatic amines is 1. The number of hydrogen-bond acceptors (Lipinski definition) is 3. The number of hydrogen-bond donors (Lipinski definition) is 2. The van der Waals surface area contributed by atoms with Crippen LogP contribution in [0.4, 0.5) is 19.0 Å². The number of benzene rings is 1. The topological polar surface area (TPSA) is 53.6 Å². The molecule has 0 radical (unpaired) electrons. The van der Waals surface area contributed by atoms with Gasteiger partial charge in [-0.25, -0.2) is 9.97 Å².